The van der Waals surface area contributed by atoms with Gasteiger partial charge in [0.15, 0.2) is 0 Å². The Balaban J connectivity index is 1.99. The maximum atomic E-state index is 13.1. The van der Waals surface area contributed by atoms with Gasteiger partial charge in [0.1, 0.15) is 18.2 Å². The van der Waals surface area contributed by atoms with Gasteiger partial charge in [-0.15, -0.1) is 0 Å². The fourth-order valence-electron chi connectivity index (χ4n) is 3.22. The fourth-order valence-corrected chi connectivity index (χ4v) is 3.22. The summed E-state index contributed by atoms with van der Waals surface area (Å²) < 4.78 is 14.8. The Bertz CT molecular complexity index is 1010. The average molecular weight is 383 g/mol. The molecule has 146 valence electrons. The number of aryl methyl sites for hydroxylation is 1. The van der Waals surface area contributed by atoms with Crippen molar-refractivity contribution >= 4 is 28.6 Å². The van der Waals surface area contributed by atoms with Gasteiger partial charge in [-0.1, -0.05) is 19.1 Å². The lowest BCUT2D eigenvalue weighted by Gasteiger charge is -2.21. The molecule has 0 aliphatic heterocycles. The SMILES string of the molecule is CCCc1nc2cc(N(Cc3ccc(F)cc3)C(C)=O)ccc2n1CC(=O)O. The topological polar surface area (TPSA) is 75.4 Å². The van der Waals surface area contributed by atoms with Crippen molar-refractivity contribution in [3.05, 3.63) is 59.7 Å². The zero-order valence-electron chi connectivity index (χ0n) is 15.9. The van der Waals surface area contributed by atoms with Crippen molar-refractivity contribution < 1.29 is 19.1 Å². The van der Waals surface area contributed by atoms with E-state index < -0.39 is 5.97 Å². The Morgan fingerprint density at radius 2 is 1.89 bits per heavy atom. The first-order valence-electron chi connectivity index (χ1n) is 9.12. The van der Waals surface area contributed by atoms with Crippen molar-refractivity contribution in [3.63, 3.8) is 0 Å². The molecular formula is C21H22FN3O3. The molecule has 0 saturated carbocycles. The van der Waals surface area contributed by atoms with Gasteiger partial charge in [0, 0.05) is 19.0 Å². The molecule has 0 bridgehead atoms. The fraction of sp³-hybridized carbons (Fsp3) is 0.286. The van der Waals surface area contributed by atoms with E-state index in [2.05, 4.69) is 4.98 Å². The maximum absolute atomic E-state index is 13.1. The molecule has 0 aliphatic rings. The highest BCUT2D eigenvalue weighted by Gasteiger charge is 2.17. The summed E-state index contributed by atoms with van der Waals surface area (Å²) in [6.45, 7) is 3.63. The van der Waals surface area contributed by atoms with Crippen LogP contribution in [0.5, 0.6) is 0 Å². The Kier molecular flexibility index (Phi) is 5.73. The van der Waals surface area contributed by atoms with Crippen molar-refractivity contribution in [2.45, 2.75) is 39.8 Å². The van der Waals surface area contributed by atoms with E-state index in [1.165, 1.54) is 19.1 Å². The molecule has 1 heterocycles. The quantitative estimate of drug-likeness (QED) is 0.674. The summed E-state index contributed by atoms with van der Waals surface area (Å²) in [6, 6.07) is 11.4. The first kappa shape index (κ1) is 19.5. The van der Waals surface area contributed by atoms with Gasteiger partial charge in [0.05, 0.1) is 17.6 Å². The first-order chi connectivity index (χ1) is 13.4. The van der Waals surface area contributed by atoms with Gasteiger partial charge in [0.25, 0.3) is 0 Å². The number of anilines is 1. The van der Waals surface area contributed by atoms with Gasteiger partial charge in [-0.2, -0.15) is 0 Å². The number of carbonyl (C=O) groups excluding carboxylic acids is 1. The number of carbonyl (C=O) groups is 2. The minimum Gasteiger partial charge on any atom is -0.480 e. The van der Waals surface area contributed by atoms with E-state index in [1.807, 2.05) is 6.92 Å². The number of carboxylic acid groups (broad SMARTS) is 1. The third kappa shape index (κ3) is 4.19. The number of hydrogen-bond donors (Lipinski definition) is 1. The number of hydrogen-bond acceptors (Lipinski definition) is 3. The molecule has 1 N–H and O–H groups in total. The molecule has 0 unspecified atom stereocenters. The van der Waals surface area contributed by atoms with E-state index in [-0.39, 0.29) is 18.3 Å². The molecule has 0 saturated heterocycles. The summed E-state index contributed by atoms with van der Waals surface area (Å²) in [6.07, 6.45) is 1.52. The van der Waals surface area contributed by atoms with Crippen LogP contribution in [0.3, 0.4) is 0 Å². The van der Waals surface area contributed by atoms with Gasteiger partial charge in [-0.05, 0) is 42.3 Å². The van der Waals surface area contributed by atoms with Crippen LogP contribution in [0.1, 0.15) is 31.7 Å². The molecule has 0 fully saturated rings. The third-order valence-corrected chi connectivity index (χ3v) is 4.52. The molecule has 0 atom stereocenters. The molecule has 0 aliphatic carbocycles. The highest BCUT2D eigenvalue weighted by Crippen LogP contribution is 2.25. The number of nitrogens with zero attached hydrogens (tertiary/aromatic N) is 3. The van der Waals surface area contributed by atoms with Crippen LogP contribution >= 0.6 is 0 Å². The second kappa shape index (κ2) is 8.21. The largest absolute Gasteiger partial charge is 0.480 e. The number of carboxylic acids is 1. The Morgan fingerprint density at radius 3 is 2.50 bits per heavy atom. The number of rotatable bonds is 7. The highest BCUT2D eigenvalue weighted by molar-refractivity contribution is 5.94. The van der Waals surface area contributed by atoms with Gasteiger partial charge >= 0.3 is 5.97 Å². The molecule has 1 aromatic heterocycles. The summed E-state index contributed by atoms with van der Waals surface area (Å²) in [7, 11) is 0. The molecule has 1 amide bonds. The van der Waals surface area contributed by atoms with Crippen molar-refractivity contribution in [2.75, 3.05) is 4.90 Å². The summed E-state index contributed by atoms with van der Waals surface area (Å²) in [5.41, 5.74) is 2.83. The normalized spacial score (nSPS) is 11.0. The number of amides is 1. The van der Waals surface area contributed by atoms with Crippen molar-refractivity contribution in [3.8, 4) is 0 Å². The molecule has 2 aromatic carbocycles. The lowest BCUT2D eigenvalue weighted by atomic mass is 10.2. The second-order valence-electron chi connectivity index (χ2n) is 6.66. The lowest BCUT2D eigenvalue weighted by Crippen LogP contribution is -2.27. The van der Waals surface area contributed by atoms with E-state index in [9.17, 15) is 19.1 Å². The minimum absolute atomic E-state index is 0.151. The van der Waals surface area contributed by atoms with E-state index in [1.54, 1.807) is 39.8 Å². The number of halogens is 1. The molecule has 0 radical (unpaired) electrons. The standard InChI is InChI=1S/C21H22FN3O3/c1-3-4-20-23-18-11-17(9-10-19(18)25(20)13-21(27)28)24(14(2)26)12-15-5-7-16(22)8-6-15/h5-11H,3-4,12-13H2,1-2H3,(H,27,28). The van der Waals surface area contributed by atoms with Crippen molar-refractivity contribution in [2.24, 2.45) is 0 Å². The minimum atomic E-state index is -0.928. The first-order valence-corrected chi connectivity index (χ1v) is 9.12. The number of benzene rings is 2. The second-order valence-corrected chi connectivity index (χ2v) is 6.66. The lowest BCUT2D eigenvalue weighted by molar-refractivity contribution is -0.137. The molecule has 3 aromatic rings. The molecule has 7 heteroatoms. The van der Waals surface area contributed by atoms with Crippen LogP contribution in [0.2, 0.25) is 0 Å². The Morgan fingerprint density at radius 1 is 1.18 bits per heavy atom. The summed E-state index contributed by atoms with van der Waals surface area (Å²) in [4.78, 5) is 29.6. The van der Waals surface area contributed by atoms with E-state index in [0.717, 1.165) is 17.5 Å². The highest BCUT2D eigenvalue weighted by atomic mass is 19.1. The van der Waals surface area contributed by atoms with E-state index in [0.29, 0.717) is 30.0 Å². The molecule has 6 nitrogen and oxygen atoms in total. The van der Waals surface area contributed by atoms with Gasteiger partial charge in [-0.3, -0.25) is 9.59 Å². The molecular weight excluding hydrogens is 361 g/mol. The zero-order chi connectivity index (χ0) is 20.3. The summed E-state index contributed by atoms with van der Waals surface area (Å²) >= 11 is 0. The molecule has 0 spiro atoms. The number of imidazole rings is 1. The number of aliphatic carboxylic acids is 1. The molecule has 3 rings (SSSR count). The van der Waals surface area contributed by atoms with Gasteiger partial charge < -0.3 is 14.6 Å². The summed E-state index contributed by atoms with van der Waals surface area (Å²) in [5, 5.41) is 9.21. The molecule has 28 heavy (non-hydrogen) atoms. The van der Waals surface area contributed by atoms with Crippen LogP contribution in [0, 0.1) is 5.82 Å². The monoisotopic (exact) mass is 383 g/mol. The van der Waals surface area contributed by atoms with Crippen LogP contribution in [0.4, 0.5) is 10.1 Å². The van der Waals surface area contributed by atoms with Crippen LogP contribution < -0.4 is 4.90 Å². The van der Waals surface area contributed by atoms with Crippen molar-refractivity contribution in [1.82, 2.24) is 9.55 Å². The van der Waals surface area contributed by atoms with Gasteiger partial charge in [0.2, 0.25) is 5.91 Å². The smallest absolute Gasteiger partial charge is 0.323 e. The van der Waals surface area contributed by atoms with Crippen molar-refractivity contribution in [1.29, 1.82) is 0 Å². The average Bonchev–Trinajstić information content (AvgIpc) is 2.97. The van der Waals surface area contributed by atoms with Crippen LogP contribution in [0.25, 0.3) is 11.0 Å². The van der Waals surface area contributed by atoms with Gasteiger partial charge in [-0.25, -0.2) is 9.37 Å². The third-order valence-electron chi connectivity index (χ3n) is 4.52. The van der Waals surface area contributed by atoms with E-state index >= 15 is 0 Å². The predicted molar refractivity (Wildman–Crippen MR) is 105 cm³/mol. The zero-order valence-corrected chi connectivity index (χ0v) is 15.9. The number of aromatic nitrogens is 2. The van der Waals surface area contributed by atoms with Crippen LogP contribution in [-0.4, -0.2) is 26.5 Å². The maximum Gasteiger partial charge on any atom is 0.323 e. The Hall–Kier alpha value is -3.22. The predicted octanol–water partition coefficient (Wildman–Crippen LogP) is 3.77. The van der Waals surface area contributed by atoms with Crippen LogP contribution in [-0.2, 0) is 29.1 Å². The van der Waals surface area contributed by atoms with E-state index in [4.69, 9.17) is 0 Å². The summed E-state index contributed by atoms with van der Waals surface area (Å²) in [5.74, 6) is -0.693. The number of fused-ring (bicyclic) bond motifs is 1. The van der Waals surface area contributed by atoms with Crippen LogP contribution in [0.15, 0.2) is 42.5 Å². The Labute approximate surface area is 162 Å².